The van der Waals surface area contributed by atoms with E-state index in [1.165, 1.54) is 22.6 Å². The Morgan fingerprint density at radius 1 is 1.42 bits per heavy atom. The second-order valence-electron chi connectivity index (χ2n) is 3.04. The monoisotopic (exact) mass is 183 g/mol. The van der Waals surface area contributed by atoms with E-state index < -0.39 is 0 Å². The first kappa shape index (κ1) is 9.75. The Balaban J connectivity index is 2.15. The highest BCUT2D eigenvalue weighted by atomic mass is 32.1. The van der Waals surface area contributed by atoms with Gasteiger partial charge in [-0.2, -0.15) is 0 Å². The molecule has 0 amide bonds. The van der Waals surface area contributed by atoms with Crippen LogP contribution in [0.5, 0.6) is 0 Å². The summed E-state index contributed by atoms with van der Waals surface area (Å²) in [4.78, 5) is 2.85. The maximum Gasteiger partial charge on any atom is 0.0299 e. The minimum atomic E-state index is 1.04. The Hall–Kier alpha value is -0.340. The summed E-state index contributed by atoms with van der Waals surface area (Å²) in [5, 5.41) is 3.43. The van der Waals surface area contributed by atoms with Gasteiger partial charge >= 0.3 is 0 Å². The fourth-order valence-corrected chi connectivity index (χ4v) is 1.95. The Morgan fingerprint density at radius 3 is 2.83 bits per heavy atom. The molecule has 0 saturated carbocycles. The van der Waals surface area contributed by atoms with E-state index in [1.54, 1.807) is 0 Å². The van der Waals surface area contributed by atoms with E-state index >= 15 is 0 Å². The lowest BCUT2D eigenvalue weighted by Gasteiger charge is -1.99. The Labute approximate surface area is 78.8 Å². The SMILES string of the molecule is CCCCNCc1ccc(C)s1. The average molecular weight is 183 g/mol. The van der Waals surface area contributed by atoms with Crippen molar-refractivity contribution in [1.29, 1.82) is 0 Å². The van der Waals surface area contributed by atoms with Crippen LogP contribution in [0, 0.1) is 6.92 Å². The molecule has 0 aliphatic rings. The fraction of sp³-hybridized carbons (Fsp3) is 0.600. The first-order valence-corrected chi connectivity index (χ1v) is 5.40. The maximum atomic E-state index is 3.43. The minimum absolute atomic E-state index is 1.04. The lowest BCUT2D eigenvalue weighted by atomic mass is 10.3. The number of aryl methyl sites for hydroxylation is 1. The van der Waals surface area contributed by atoms with Gasteiger partial charge in [0.2, 0.25) is 0 Å². The minimum Gasteiger partial charge on any atom is -0.312 e. The van der Waals surface area contributed by atoms with Gasteiger partial charge in [-0.25, -0.2) is 0 Å². The topological polar surface area (TPSA) is 12.0 Å². The van der Waals surface area contributed by atoms with Crippen LogP contribution in [0.2, 0.25) is 0 Å². The van der Waals surface area contributed by atoms with Crippen molar-refractivity contribution in [3.8, 4) is 0 Å². The van der Waals surface area contributed by atoms with Crippen molar-refractivity contribution >= 4 is 11.3 Å². The third-order valence-electron chi connectivity index (χ3n) is 1.80. The second kappa shape index (κ2) is 5.33. The summed E-state index contributed by atoms with van der Waals surface area (Å²) in [6, 6.07) is 4.39. The van der Waals surface area contributed by atoms with E-state index in [1.807, 2.05) is 11.3 Å². The van der Waals surface area contributed by atoms with Crippen LogP contribution in [0.25, 0.3) is 0 Å². The van der Waals surface area contributed by atoms with Gasteiger partial charge in [0.25, 0.3) is 0 Å². The molecule has 1 rings (SSSR count). The lowest BCUT2D eigenvalue weighted by molar-refractivity contribution is 0.646. The zero-order valence-corrected chi connectivity index (χ0v) is 8.71. The van der Waals surface area contributed by atoms with Crippen LogP contribution < -0.4 is 5.32 Å². The maximum absolute atomic E-state index is 3.43. The van der Waals surface area contributed by atoms with Crippen molar-refractivity contribution in [3.05, 3.63) is 21.9 Å². The Morgan fingerprint density at radius 2 is 2.25 bits per heavy atom. The molecule has 1 N–H and O–H groups in total. The summed E-state index contributed by atoms with van der Waals surface area (Å²) in [5.74, 6) is 0. The van der Waals surface area contributed by atoms with Crippen LogP contribution in [0.1, 0.15) is 29.5 Å². The predicted octanol–water partition coefficient (Wildman–Crippen LogP) is 2.95. The number of rotatable bonds is 5. The standard InChI is InChI=1S/C10H17NS/c1-3-4-7-11-8-10-6-5-9(2)12-10/h5-6,11H,3-4,7-8H2,1-2H3. The first-order chi connectivity index (χ1) is 5.83. The third-order valence-corrected chi connectivity index (χ3v) is 2.80. The highest BCUT2D eigenvalue weighted by Gasteiger charge is 1.94. The van der Waals surface area contributed by atoms with Gasteiger partial charge in [0.05, 0.1) is 0 Å². The molecule has 0 atom stereocenters. The number of unbranched alkanes of at least 4 members (excludes halogenated alkanes) is 1. The van der Waals surface area contributed by atoms with E-state index in [9.17, 15) is 0 Å². The molecule has 2 heteroatoms. The van der Waals surface area contributed by atoms with E-state index in [-0.39, 0.29) is 0 Å². The molecule has 0 bridgehead atoms. The summed E-state index contributed by atoms with van der Waals surface area (Å²) in [6.07, 6.45) is 2.56. The predicted molar refractivity (Wildman–Crippen MR) is 55.7 cm³/mol. The van der Waals surface area contributed by atoms with E-state index in [4.69, 9.17) is 0 Å². The first-order valence-electron chi connectivity index (χ1n) is 4.59. The Kier molecular flexibility index (Phi) is 4.33. The van der Waals surface area contributed by atoms with Crippen LogP contribution >= 0.6 is 11.3 Å². The van der Waals surface area contributed by atoms with E-state index in [0.717, 1.165) is 13.1 Å². The molecular weight excluding hydrogens is 166 g/mol. The summed E-state index contributed by atoms with van der Waals surface area (Å²) in [6.45, 7) is 6.56. The van der Waals surface area contributed by atoms with Gasteiger partial charge in [-0.05, 0) is 32.0 Å². The second-order valence-corrected chi connectivity index (χ2v) is 4.42. The molecule has 1 aromatic rings. The molecule has 0 radical (unpaired) electrons. The number of nitrogens with one attached hydrogen (secondary N) is 1. The van der Waals surface area contributed by atoms with Crippen LogP contribution in [-0.4, -0.2) is 6.54 Å². The molecule has 0 fully saturated rings. The Bertz CT molecular complexity index is 217. The highest BCUT2D eigenvalue weighted by Crippen LogP contribution is 2.14. The molecule has 12 heavy (non-hydrogen) atoms. The molecule has 0 aliphatic heterocycles. The van der Waals surface area contributed by atoms with Crippen molar-refractivity contribution in [2.24, 2.45) is 0 Å². The van der Waals surface area contributed by atoms with Gasteiger partial charge in [0, 0.05) is 16.3 Å². The molecule has 68 valence electrons. The summed E-state index contributed by atoms with van der Waals surface area (Å²) in [5.41, 5.74) is 0. The van der Waals surface area contributed by atoms with Gasteiger partial charge in [0.1, 0.15) is 0 Å². The molecule has 1 nitrogen and oxygen atoms in total. The molecule has 0 saturated heterocycles. The van der Waals surface area contributed by atoms with Crippen LogP contribution in [-0.2, 0) is 6.54 Å². The van der Waals surface area contributed by atoms with Crippen molar-refractivity contribution < 1.29 is 0 Å². The molecule has 0 unspecified atom stereocenters. The smallest absolute Gasteiger partial charge is 0.0299 e. The van der Waals surface area contributed by atoms with Crippen molar-refractivity contribution in [2.45, 2.75) is 33.2 Å². The largest absolute Gasteiger partial charge is 0.312 e. The fourth-order valence-electron chi connectivity index (χ4n) is 1.09. The molecule has 1 aromatic heterocycles. The number of hydrogen-bond donors (Lipinski definition) is 1. The zero-order chi connectivity index (χ0) is 8.81. The van der Waals surface area contributed by atoms with Crippen LogP contribution in [0.3, 0.4) is 0 Å². The quantitative estimate of drug-likeness (QED) is 0.692. The molecule has 0 aromatic carbocycles. The van der Waals surface area contributed by atoms with Crippen molar-refractivity contribution in [1.82, 2.24) is 5.32 Å². The van der Waals surface area contributed by atoms with E-state index in [2.05, 4.69) is 31.3 Å². The van der Waals surface area contributed by atoms with Crippen LogP contribution in [0.15, 0.2) is 12.1 Å². The number of hydrogen-bond acceptors (Lipinski definition) is 2. The van der Waals surface area contributed by atoms with Gasteiger partial charge < -0.3 is 5.32 Å². The van der Waals surface area contributed by atoms with Gasteiger partial charge in [-0.3, -0.25) is 0 Å². The zero-order valence-electron chi connectivity index (χ0n) is 7.89. The van der Waals surface area contributed by atoms with E-state index in [0.29, 0.717) is 0 Å². The number of thiophene rings is 1. The van der Waals surface area contributed by atoms with Crippen LogP contribution in [0.4, 0.5) is 0 Å². The summed E-state index contributed by atoms with van der Waals surface area (Å²) >= 11 is 1.88. The lowest BCUT2D eigenvalue weighted by Crippen LogP contribution is -2.13. The summed E-state index contributed by atoms with van der Waals surface area (Å²) in [7, 11) is 0. The molecule has 0 spiro atoms. The average Bonchev–Trinajstić information content (AvgIpc) is 2.45. The molecule has 1 heterocycles. The van der Waals surface area contributed by atoms with Gasteiger partial charge in [-0.15, -0.1) is 11.3 Å². The van der Waals surface area contributed by atoms with Gasteiger partial charge in [-0.1, -0.05) is 13.3 Å². The normalized spacial score (nSPS) is 10.5. The van der Waals surface area contributed by atoms with Crippen molar-refractivity contribution in [2.75, 3.05) is 6.54 Å². The third kappa shape index (κ3) is 3.37. The highest BCUT2D eigenvalue weighted by molar-refractivity contribution is 7.11. The van der Waals surface area contributed by atoms with Gasteiger partial charge in [0.15, 0.2) is 0 Å². The molecular formula is C10H17NS. The molecule has 0 aliphatic carbocycles. The van der Waals surface area contributed by atoms with Crippen molar-refractivity contribution in [3.63, 3.8) is 0 Å². The summed E-state index contributed by atoms with van der Waals surface area (Å²) < 4.78 is 0.